The molecule has 0 radical (unpaired) electrons. The maximum absolute atomic E-state index is 12.2. The monoisotopic (exact) mass is 384 g/mol. The van der Waals surface area contributed by atoms with E-state index in [-0.39, 0.29) is 5.91 Å². The molecule has 6 heteroatoms. The van der Waals surface area contributed by atoms with Crippen LogP contribution in [0.2, 0.25) is 0 Å². The van der Waals surface area contributed by atoms with E-state index in [4.69, 9.17) is 9.47 Å². The van der Waals surface area contributed by atoms with Gasteiger partial charge in [-0.3, -0.25) is 4.79 Å². The van der Waals surface area contributed by atoms with Gasteiger partial charge >= 0.3 is 6.09 Å². The summed E-state index contributed by atoms with van der Waals surface area (Å²) in [4.78, 5) is 25.6. The topological polar surface area (TPSA) is 67.9 Å². The zero-order valence-corrected chi connectivity index (χ0v) is 17.3. The molecular weight excluding hydrogens is 356 g/mol. The van der Waals surface area contributed by atoms with Crippen LogP contribution in [-0.4, -0.2) is 43.7 Å². The van der Waals surface area contributed by atoms with Crippen molar-refractivity contribution in [3.05, 3.63) is 53.6 Å². The number of nitrogens with one attached hydrogen (secondary N) is 1. The van der Waals surface area contributed by atoms with Crippen LogP contribution in [0.3, 0.4) is 0 Å². The van der Waals surface area contributed by atoms with Crippen molar-refractivity contribution in [2.75, 3.05) is 21.2 Å². The van der Waals surface area contributed by atoms with Crippen LogP contribution in [-0.2, 0) is 11.3 Å². The van der Waals surface area contributed by atoms with Gasteiger partial charge in [0.2, 0.25) is 0 Å². The first kappa shape index (κ1) is 21.3. The summed E-state index contributed by atoms with van der Waals surface area (Å²) in [6, 6.07) is 13.1. The molecule has 2 aromatic rings. The molecule has 150 valence electrons. The summed E-state index contributed by atoms with van der Waals surface area (Å²) in [5.74, 6) is 0.608. The van der Waals surface area contributed by atoms with Crippen LogP contribution in [0.15, 0.2) is 42.5 Å². The Hall–Kier alpha value is -3.02. The zero-order valence-electron chi connectivity index (χ0n) is 17.3. The summed E-state index contributed by atoms with van der Waals surface area (Å²) >= 11 is 0. The van der Waals surface area contributed by atoms with E-state index in [1.165, 1.54) is 0 Å². The summed E-state index contributed by atoms with van der Waals surface area (Å²) in [5.41, 5.74) is 2.71. The molecule has 0 saturated carbocycles. The fourth-order valence-corrected chi connectivity index (χ4v) is 2.65. The molecule has 0 aliphatic rings. The minimum atomic E-state index is -0.541. The van der Waals surface area contributed by atoms with Gasteiger partial charge in [0, 0.05) is 31.8 Å². The number of benzene rings is 2. The van der Waals surface area contributed by atoms with Gasteiger partial charge in [0.1, 0.15) is 11.4 Å². The van der Waals surface area contributed by atoms with Crippen molar-refractivity contribution in [3.63, 3.8) is 0 Å². The number of rotatable bonds is 5. The molecule has 0 fully saturated rings. The quantitative estimate of drug-likeness (QED) is 0.843. The van der Waals surface area contributed by atoms with E-state index in [1.807, 2.05) is 57.2 Å². The average molecular weight is 384 g/mol. The number of methoxy groups -OCH3 is 1. The van der Waals surface area contributed by atoms with Crippen LogP contribution in [0.1, 0.15) is 36.7 Å². The van der Waals surface area contributed by atoms with E-state index >= 15 is 0 Å². The van der Waals surface area contributed by atoms with Gasteiger partial charge in [-0.15, -0.1) is 0 Å². The van der Waals surface area contributed by atoms with Gasteiger partial charge in [-0.25, -0.2) is 4.79 Å². The molecule has 0 heterocycles. The highest BCUT2D eigenvalue weighted by Gasteiger charge is 2.16. The smallest absolute Gasteiger partial charge is 0.407 e. The Morgan fingerprint density at radius 1 is 1.07 bits per heavy atom. The van der Waals surface area contributed by atoms with Gasteiger partial charge in [0.15, 0.2) is 0 Å². The molecule has 0 aliphatic heterocycles. The highest BCUT2D eigenvalue weighted by molar-refractivity contribution is 5.95. The number of nitrogens with zero attached hydrogens (tertiary/aromatic N) is 1. The fraction of sp³-hybridized carbons (Fsp3) is 0.364. The van der Waals surface area contributed by atoms with E-state index in [0.717, 1.165) is 16.7 Å². The SMILES string of the molecule is COc1cc(CNC(=O)OC(C)(C)C)ccc1-c1cccc(C(=O)N(C)C)c1. The zero-order chi connectivity index (χ0) is 20.9. The Morgan fingerprint density at radius 2 is 1.79 bits per heavy atom. The molecule has 0 bridgehead atoms. The van der Waals surface area contributed by atoms with Crippen LogP contribution in [0.5, 0.6) is 5.75 Å². The number of alkyl carbamates (subject to hydrolysis) is 1. The molecule has 2 rings (SSSR count). The van der Waals surface area contributed by atoms with Crippen molar-refractivity contribution >= 4 is 12.0 Å². The molecule has 1 N–H and O–H groups in total. The van der Waals surface area contributed by atoms with Gasteiger partial charge in [0.05, 0.1) is 7.11 Å². The average Bonchev–Trinajstić information content (AvgIpc) is 2.64. The Bertz CT molecular complexity index is 854. The summed E-state index contributed by atoms with van der Waals surface area (Å²) in [6.45, 7) is 5.78. The second-order valence-electron chi connectivity index (χ2n) is 7.67. The third-order valence-electron chi connectivity index (χ3n) is 3.93. The van der Waals surface area contributed by atoms with Crippen molar-refractivity contribution in [2.24, 2.45) is 0 Å². The maximum Gasteiger partial charge on any atom is 0.407 e. The van der Waals surface area contributed by atoms with Crippen LogP contribution in [0.4, 0.5) is 4.79 Å². The van der Waals surface area contributed by atoms with Crippen LogP contribution < -0.4 is 10.1 Å². The van der Waals surface area contributed by atoms with Crippen LogP contribution >= 0.6 is 0 Å². The molecule has 0 spiro atoms. The molecule has 6 nitrogen and oxygen atoms in total. The summed E-state index contributed by atoms with van der Waals surface area (Å²) in [5, 5.41) is 2.74. The number of amides is 2. The van der Waals surface area contributed by atoms with Crippen molar-refractivity contribution in [1.29, 1.82) is 0 Å². The summed E-state index contributed by atoms with van der Waals surface area (Å²) in [7, 11) is 5.04. The Kier molecular flexibility index (Phi) is 6.67. The molecular formula is C22H28N2O4. The second-order valence-corrected chi connectivity index (χ2v) is 7.67. The molecule has 0 unspecified atom stereocenters. The van der Waals surface area contributed by atoms with Crippen molar-refractivity contribution in [1.82, 2.24) is 10.2 Å². The fourth-order valence-electron chi connectivity index (χ4n) is 2.65. The first-order chi connectivity index (χ1) is 13.1. The predicted octanol–water partition coefficient (Wildman–Crippen LogP) is 4.09. The van der Waals surface area contributed by atoms with Crippen LogP contribution in [0, 0.1) is 0 Å². The lowest BCUT2D eigenvalue weighted by Crippen LogP contribution is -2.32. The number of carbonyl (C=O) groups excluding carboxylic acids is 2. The Morgan fingerprint density at radius 3 is 2.39 bits per heavy atom. The van der Waals surface area contributed by atoms with E-state index in [1.54, 1.807) is 32.2 Å². The van der Waals surface area contributed by atoms with Crippen molar-refractivity contribution in [2.45, 2.75) is 32.9 Å². The minimum Gasteiger partial charge on any atom is -0.496 e. The minimum absolute atomic E-state index is 0.0565. The normalized spacial score (nSPS) is 10.9. The van der Waals surface area contributed by atoms with Gasteiger partial charge in [0.25, 0.3) is 5.91 Å². The van der Waals surface area contributed by atoms with Gasteiger partial charge in [-0.05, 0) is 50.1 Å². The number of ether oxygens (including phenoxy) is 2. The third kappa shape index (κ3) is 5.74. The highest BCUT2D eigenvalue weighted by atomic mass is 16.6. The molecule has 28 heavy (non-hydrogen) atoms. The van der Waals surface area contributed by atoms with E-state index in [9.17, 15) is 9.59 Å². The maximum atomic E-state index is 12.2. The highest BCUT2D eigenvalue weighted by Crippen LogP contribution is 2.31. The standard InChI is InChI=1S/C22H28N2O4/c1-22(2,3)28-21(26)23-14-15-10-11-18(19(12-15)27-6)16-8-7-9-17(13-16)20(25)24(4)5/h7-13H,14H2,1-6H3,(H,23,26). The molecule has 0 aromatic heterocycles. The number of hydrogen-bond donors (Lipinski definition) is 1. The van der Waals surface area contributed by atoms with E-state index < -0.39 is 11.7 Å². The predicted molar refractivity (Wildman–Crippen MR) is 110 cm³/mol. The van der Waals surface area contributed by atoms with Crippen molar-refractivity contribution < 1.29 is 19.1 Å². The molecule has 0 aliphatic carbocycles. The van der Waals surface area contributed by atoms with Gasteiger partial charge in [-0.2, -0.15) is 0 Å². The molecule has 2 aromatic carbocycles. The first-order valence-corrected chi connectivity index (χ1v) is 9.06. The third-order valence-corrected chi connectivity index (χ3v) is 3.93. The molecule has 2 amide bonds. The lowest BCUT2D eigenvalue weighted by Gasteiger charge is -2.20. The summed E-state index contributed by atoms with van der Waals surface area (Å²) < 4.78 is 10.8. The van der Waals surface area contributed by atoms with E-state index in [2.05, 4.69) is 5.32 Å². The number of hydrogen-bond acceptors (Lipinski definition) is 4. The lowest BCUT2D eigenvalue weighted by molar-refractivity contribution is 0.0523. The molecule has 0 atom stereocenters. The summed E-state index contributed by atoms with van der Waals surface area (Å²) in [6.07, 6.45) is -0.467. The van der Waals surface area contributed by atoms with Crippen molar-refractivity contribution in [3.8, 4) is 16.9 Å². The van der Waals surface area contributed by atoms with Gasteiger partial charge < -0.3 is 19.7 Å². The van der Waals surface area contributed by atoms with Gasteiger partial charge in [-0.1, -0.05) is 24.3 Å². The molecule has 0 saturated heterocycles. The Labute approximate surface area is 166 Å². The number of carbonyl (C=O) groups is 2. The first-order valence-electron chi connectivity index (χ1n) is 9.06. The lowest BCUT2D eigenvalue weighted by atomic mass is 10.00. The van der Waals surface area contributed by atoms with E-state index in [0.29, 0.717) is 17.9 Å². The second kappa shape index (κ2) is 8.78. The largest absolute Gasteiger partial charge is 0.496 e. The Balaban J connectivity index is 2.21. The van der Waals surface area contributed by atoms with Crippen LogP contribution in [0.25, 0.3) is 11.1 Å².